The van der Waals surface area contributed by atoms with Gasteiger partial charge in [0.25, 0.3) is 0 Å². The van der Waals surface area contributed by atoms with E-state index in [2.05, 4.69) is 17.6 Å². The molecule has 0 aromatic heterocycles. The van der Waals surface area contributed by atoms with Gasteiger partial charge < -0.3 is 10.6 Å². The summed E-state index contributed by atoms with van der Waals surface area (Å²) >= 11 is 0. The third-order valence-electron chi connectivity index (χ3n) is 1.74. The zero-order valence-corrected chi connectivity index (χ0v) is 6.21. The van der Waals surface area contributed by atoms with Gasteiger partial charge in [-0.05, 0) is 6.42 Å². The van der Waals surface area contributed by atoms with Crippen molar-refractivity contribution in [2.45, 2.75) is 6.42 Å². The summed E-state index contributed by atoms with van der Waals surface area (Å²) in [5, 5.41) is 0. The zero-order valence-electron chi connectivity index (χ0n) is 6.21. The van der Waals surface area contributed by atoms with E-state index in [0.717, 1.165) is 19.5 Å². The number of rotatable bonds is 3. The van der Waals surface area contributed by atoms with Gasteiger partial charge in [-0.2, -0.15) is 0 Å². The quantitative estimate of drug-likeness (QED) is 0.582. The number of hydrogen-bond acceptors (Lipinski definition) is 2. The van der Waals surface area contributed by atoms with Crippen LogP contribution in [0.2, 0.25) is 0 Å². The van der Waals surface area contributed by atoms with E-state index in [1.807, 2.05) is 6.08 Å². The van der Waals surface area contributed by atoms with E-state index < -0.39 is 0 Å². The maximum Gasteiger partial charge on any atom is 0.0354 e. The highest BCUT2D eigenvalue weighted by Crippen LogP contribution is 2.12. The fourth-order valence-electron chi connectivity index (χ4n) is 1.24. The lowest BCUT2D eigenvalue weighted by molar-refractivity contribution is 0.411. The summed E-state index contributed by atoms with van der Waals surface area (Å²) in [5.41, 5.74) is 6.77. The maximum atomic E-state index is 5.51. The van der Waals surface area contributed by atoms with E-state index in [1.54, 1.807) is 0 Å². The molecule has 0 aliphatic carbocycles. The minimum atomic E-state index is 0.661. The van der Waals surface area contributed by atoms with Crippen molar-refractivity contribution in [3.8, 4) is 0 Å². The van der Waals surface area contributed by atoms with Crippen molar-refractivity contribution in [2.24, 2.45) is 5.73 Å². The minimum absolute atomic E-state index is 0.661. The summed E-state index contributed by atoms with van der Waals surface area (Å²) < 4.78 is 0. The minimum Gasteiger partial charge on any atom is -0.370 e. The Kier molecular flexibility index (Phi) is 2.51. The van der Waals surface area contributed by atoms with Crippen LogP contribution in [-0.2, 0) is 0 Å². The summed E-state index contributed by atoms with van der Waals surface area (Å²) in [6, 6.07) is 0. The van der Waals surface area contributed by atoms with Crippen molar-refractivity contribution in [3.63, 3.8) is 0 Å². The second kappa shape index (κ2) is 3.42. The fraction of sp³-hybridized carbons (Fsp3) is 0.500. The molecule has 0 bridgehead atoms. The molecule has 0 aromatic rings. The Morgan fingerprint density at radius 1 is 1.80 bits per heavy atom. The normalized spacial score (nSPS) is 17.3. The van der Waals surface area contributed by atoms with Gasteiger partial charge in [-0.1, -0.05) is 12.2 Å². The summed E-state index contributed by atoms with van der Waals surface area (Å²) in [6.07, 6.45) is 5.25. The van der Waals surface area contributed by atoms with Gasteiger partial charge in [-0.3, -0.25) is 0 Å². The molecule has 1 aliphatic heterocycles. The topological polar surface area (TPSA) is 29.3 Å². The molecule has 2 heteroatoms. The molecule has 0 saturated carbocycles. The van der Waals surface area contributed by atoms with Gasteiger partial charge in [0, 0.05) is 25.3 Å². The fourth-order valence-corrected chi connectivity index (χ4v) is 1.24. The molecule has 2 nitrogen and oxygen atoms in total. The van der Waals surface area contributed by atoms with Crippen molar-refractivity contribution in [1.82, 2.24) is 4.90 Å². The molecular formula is C8H14N2. The molecule has 0 aromatic carbocycles. The molecule has 0 fully saturated rings. The first-order chi connectivity index (χ1) is 4.88. The lowest BCUT2D eigenvalue weighted by Crippen LogP contribution is -2.24. The Bertz CT molecular complexity index is 149. The highest BCUT2D eigenvalue weighted by molar-refractivity contribution is 5.09. The average Bonchev–Trinajstić information content (AvgIpc) is 2.36. The van der Waals surface area contributed by atoms with Crippen molar-refractivity contribution < 1.29 is 0 Å². The molecule has 0 unspecified atom stereocenters. The molecule has 10 heavy (non-hydrogen) atoms. The summed E-state index contributed by atoms with van der Waals surface area (Å²) in [7, 11) is 0. The van der Waals surface area contributed by atoms with E-state index >= 15 is 0 Å². The van der Waals surface area contributed by atoms with E-state index in [9.17, 15) is 0 Å². The number of hydrogen-bond donors (Lipinski definition) is 1. The average molecular weight is 138 g/mol. The molecule has 0 atom stereocenters. The van der Waals surface area contributed by atoms with Crippen LogP contribution in [-0.4, -0.2) is 24.5 Å². The predicted octanol–water partition coefficient (Wildman–Crippen LogP) is 0.721. The van der Waals surface area contributed by atoms with Crippen molar-refractivity contribution >= 4 is 0 Å². The first-order valence-corrected chi connectivity index (χ1v) is 3.63. The number of nitrogens with zero attached hydrogens (tertiary/aromatic N) is 1. The van der Waals surface area contributed by atoms with Crippen molar-refractivity contribution in [3.05, 3.63) is 24.4 Å². The molecule has 1 rings (SSSR count). The van der Waals surface area contributed by atoms with Crippen molar-refractivity contribution in [1.29, 1.82) is 0 Å². The Hall–Kier alpha value is -0.760. The lowest BCUT2D eigenvalue weighted by atomic mass is 10.4. The summed E-state index contributed by atoms with van der Waals surface area (Å²) in [4.78, 5) is 2.26. The van der Waals surface area contributed by atoms with Gasteiger partial charge in [0.15, 0.2) is 0 Å². The van der Waals surface area contributed by atoms with Crippen LogP contribution in [0.5, 0.6) is 0 Å². The van der Waals surface area contributed by atoms with Crippen LogP contribution in [0.4, 0.5) is 0 Å². The summed E-state index contributed by atoms with van der Waals surface area (Å²) in [5.74, 6) is 0. The Morgan fingerprint density at radius 3 is 3.20 bits per heavy atom. The molecule has 2 N–H and O–H groups in total. The monoisotopic (exact) mass is 138 g/mol. The van der Waals surface area contributed by atoms with Crippen LogP contribution in [0, 0.1) is 0 Å². The van der Waals surface area contributed by atoms with Crippen LogP contribution in [0.25, 0.3) is 0 Å². The first-order valence-electron chi connectivity index (χ1n) is 3.63. The van der Waals surface area contributed by atoms with Crippen LogP contribution in [0.15, 0.2) is 24.4 Å². The summed E-state index contributed by atoms with van der Waals surface area (Å²) in [6.45, 7) is 6.39. The van der Waals surface area contributed by atoms with Crippen LogP contribution in [0.1, 0.15) is 6.42 Å². The zero-order chi connectivity index (χ0) is 7.40. The molecule has 56 valence electrons. The third kappa shape index (κ3) is 1.39. The first kappa shape index (κ1) is 7.35. The molecule has 1 heterocycles. The molecule has 0 spiro atoms. The van der Waals surface area contributed by atoms with Crippen LogP contribution < -0.4 is 5.73 Å². The van der Waals surface area contributed by atoms with E-state index in [0.29, 0.717) is 6.54 Å². The van der Waals surface area contributed by atoms with Gasteiger partial charge in [0.05, 0.1) is 0 Å². The standard InChI is InChI=1S/C8H14N2/c1-2-5-10-6-3-4-8(10)7-9/h2,4H,1,3,5-7,9H2. The van der Waals surface area contributed by atoms with Gasteiger partial charge in [-0.25, -0.2) is 0 Å². The van der Waals surface area contributed by atoms with Crippen molar-refractivity contribution in [2.75, 3.05) is 19.6 Å². The predicted molar refractivity (Wildman–Crippen MR) is 43.5 cm³/mol. The van der Waals surface area contributed by atoms with Crippen LogP contribution in [0.3, 0.4) is 0 Å². The van der Waals surface area contributed by atoms with Gasteiger partial charge in [-0.15, -0.1) is 6.58 Å². The van der Waals surface area contributed by atoms with E-state index in [-0.39, 0.29) is 0 Å². The smallest absolute Gasteiger partial charge is 0.0354 e. The van der Waals surface area contributed by atoms with E-state index in [4.69, 9.17) is 5.73 Å². The van der Waals surface area contributed by atoms with Crippen LogP contribution >= 0.6 is 0 Å². The highest BCUT2D eigenvalue weighted by Gasteiger charge is 2.10. The maximum absolute atomic E-state index is 5.51. The van der Waals surface area contributed by atoms with Gasteiger partial charge in [0.1, 0.15) is 0 Å². The second-order valence-corrected chi connectivity index (χ2v) is 2.42. The second-order valence-electron chi connectivity index (χ2n) is 2.42. The molecule has 1 aliphatic rings. The molecule has 0 amide bonds. The molecule has 0 radical (unpaired) electrons. The van der Waals surface area contributed by atoms with E-state index in [1.165, 1.54) is 5.70 Å². The lowest BCUT2D eigenvalue weighted by Gasteiger charge is -2.18. The number of nitrogens with two attached hydrogens (primary N) is 1. The SMILES string of the molecule is C=CCN1CCC=C1CN. The largest absolute Gasteiger partial charge is 0.370 e. The third-order valence-corrected chi connectivity index (χ3v) is 1.74. The van der Waals surface area contributed by atoms with Gasteiger partial charge >= 0.3 is 0 Å². The Morgan fingerprint density at radius 2 is 2.60 bits per heavy atom. The Balaban J connectivity index is 2.45. The highest BCUT2D eigenvalue weighted by atomic mass is 15.1. The molecule has 0 saturated heterocycles. The molecular weight excluding hydrogens is 124 g/mol. The van der Waals surface area contributed by atoms with Gasteiger partial charge in [0.2, 0.25) is 0 Å². The Labute approximate surface area is 62.0 Å².